The fourth-order valence-corrected chi connectivity index (χ4v) is 2.92. The SMILES string of the molecule is COC(=O)c1c(C)[nH]c(C(=O)[C@@H](C)OC(=O)COc2cc(C)ccc2Cl)c1C. The van der Waals surface area contributed by atoms with Crippen molar-refractivity contribution in [1.82, 2.24) is 4.98 Å². The Bertz CT molecular complexity index is 918. The van der Waals surface area contributed by atoms with E-state index in [2.05, 4.69) is 4.98 Å². The molecule has 150 valence electrons. The summed E-state index contributed by atoms with van der Waals surface area (Å²) in [7, 11) is 1.26. The number of carbonyl (C=O) groups excluding carboxylic acids is 3. The van der Waals surface area contributed by atoms with Crippen LogP contribution in [0.4, 0.5) is 0 Å². The molecule has 0 unspecified atom stereocenters. The van der Waals surface area contributed by atoms with Gasteiger partial charge in [0.15, 0.2) is 12.7 Å². The summed E-state index contributed by atoms with van der Waals surface area (Å²) in [5, 5.41) is 0.371. The maximum Gasteiger partial charge on any atom is 0.344 e. The Morgan fingerprint density at radius 2 is 1.86 bits per heavy atom. The zero-order valence-corrected chi connectivity index (χ0v) is 17.1. The second-order valence-corrected chi connectivity index (χ2v) is 6.74. The number of H-pyrrole nitrogens is 1. The van der Waals surface area contributed by atoms with Crippen LogP contribution < -0.4 is 4.74 Å². The summed E-state index contributed by atoms with van der Waals surface area (Å²) < 4.78 is 15.3. The van der Waals surface area contributed by atoms with Crippen molar-refractivity contribution in [2.75, 3.05) is 13.7 Å². The van der Waals surface area contributed by atoms with E-state index < -0.39 is 30.4 Å². The average Bonchev–Trinajstić information content (AvgIpc) is 2.95. The Labute approximate surface area is 167 Å². The van der Waals surface area contributed by atoms with Crippen LogP contribution in [-0.4, -0.2) is 42.5 Å². The zero-order chi connectivity index (χ0) is 21.0. The van der Waals surface area contributed by atoms with Gasteiger partial charge in [0.05, 0.1) is 23.4 Å². The summed E-state index contributed by atoms with van der Waals surface area (Å²) >= 11 is 6.01. The van der Waals surface area contributed by atoms with Crippen LogP contribution in [0.5, 0.6) is 5.75 Å². The minimum atomic E-state index is -1.06. The molecule has 0 fully saturated rings. The van der Waals surface area contributed by atoms with Crippen molar-refractivity contribution in [2.24, 2.45) is 0 Å². The third kappa shape index (κ3) is 4.72. The van der Waals surface area contributed by atoms with Crippen LogP contribution in [0.2, 0.25) is 5.02 Å². The molecule has 1 N–H and O–H groups in total. The van der Waals surface area contributed by atoms with Gasteiger partial charge in [0.2, 0.25) is 5.78 Å². The topological polar surface area (TPSA) is 94.7 Å². The van der Waals surface area contributed by atoms with Crippen molar-refractivity contribution in [3.8, 4) is 5.75 Å². The molecule has 0 saturated heterocycles. The van der Waals surface area contributed by atoms with Crippen LogP contribution in [0.25, 0.3) is 0 Å². The molecular formula is C20H22ClNO6. The van der Waals surface area contributed by atoms with E-state index in [9.17, 15) is 14.4 Å². The molecule has 2 rings (SSSR count). The lowest BCUT2D eigenvalue weighted by Crippen LogP contribution is -2.28. The molecule has 0 aliphatic carbocycles. The number of aromatic amines is 1. The van der Waals surface area contributed by atoms with Gasteiger partial charge in [-0.3, -0.25) is 4.79 Å². The molecule has 28 heavy (non-hydrogen) atoms. The van der Waals surface area contributed by atoms with E-state index in [1.54, 1.807) is 26.0 Å². The van der Waals surface area contributed by atoms with Gasteiger partial charge in [-0.1, -0.05) is 17.7 Å². The maximum absolute atomic E-state index is 12.6. The number of carbonyl (C=O) groups is 3. The average molecular weight is 408 g/mol. The number of nitrogens with one attached hydrogen (secondary N) is 1. The Morgan fingerprint density at radius 1 is 1.18 bits per heavy atom. The molecular weight excluding hydrogens is 386 g/mol. The number of Topliss-reactive ketones (excluding diaryl/α,β-unsaturated/α-hetero) is 1. The first-order valence-corrected chi connectivity index (χ1v) is 8.93. The largest absolute Gasteiger partial charge is 0.480 e. The van der Waals surface area contributed by atoms with Gasteiger partial charge in [-0.25, -0.2) is 9.59 Å². The first-order valence-electron chi connectivity index (χ1n) is 8.55. The van der Waals surface area contributed by atoms with Crippen LogP contribution in [0, 0.1) is 20.8 Å². The van der Waals surface area contributed by atoms with Gasteiger partial charge in [-0.15, -0.1) is 0 Å². The minimum absolute atomic E-state index is 0.195. The number of benzene rings is 1. The maximum atomic E-state index is 12.6. The Morgan fingerprint density at radius 3 is 2.50 bits per heavy atom. The number of hydrogen-bond donors (Lipinski definition) is 1. The van der Waals surface area contributed by atoms with Gasteiger partial charge in [0.25, 0.3) is 0 Å². The number of esters is 2. The summed E-state index contributed by atoms with van der Waals surface area (Å²) in [6, 6.07) is 5.18. The lowest BCUT2D eigenvalue weighted by atomic mass is 10.1. The van der Waals surface area contributed by atoms with Crippen LogP contribution in [-0.2, 0) is 14.3 Å². The minimum Gasteiger partial charge on any atom is -0.480 e. The fraction of sp³-hybridized carbons (Fsp3) is 0.350. The van der Waals surface area contributed by atoms with Crippen molar-refractivity contribution in [3.05, 3.63) is 51.3 Å². The number of aromatic nitrogens is 1. The van der Waals surface area contributed by atoms with Gasteiger partial charge >= 0.3 is 11.9 Å². The van der Waals surface area contributed by atoms with E-state index in [4.69, 9.17) is 25.8 Å². The predicted molar refractivity (Wildman–Crippen MR) is 103 cm³/mol. The molecule has 0 aliphatic heterocycles. The molecule has 1 aromatic heterocycles. The molecule has 0 saturated carbocycles. The first kappa shape index (κ1) is 21.5. The molecule has 0 spiro atoms. The van der Waals surface area contributed by atoms with Gasteiger partial charge < -0.3 is 19.2 Å². The van der Waals surface area contributed by atoms with E-state index in [1.807, 2.05) is 13.0 Å². The van der Waals surface area contributed by atoms with E-state index in [-0.39, 0.29) is 5.69 Å². The fourth-order valence-electron chi connectivity index (χ4n) is 2.75. The zero-order valence-electron chi connectivity index (χ0n) is 16.3. The molecule has 7 nitrogen and oxygen atoms in total. The number of aryl methyl sites for hydroxylation is 2. The highest BCUT2D eigenvalue weighted by Crippen LogP contribution is 2.25. The molecule has 8 heteroatoms. The van der Waals surface area contributed by atoms with Crippen LogP contribution in [0.3, 0.4) is 0 Å². The molecule has 0 aliphatic rings. The highest BCUT2D eigenvalue weighted by atomic mass is 35.5. The Balaban J connectivity index is 2.03. The van der Waals surface area contributed by atoms with Crippen molar-refractivity contribution < 1.29 is 28.6 Å². The number of ether oxygens (including phenoxy) is 3. The lowest BCUT2D eigenvalue weighted by Gasteiger charge is -2.13. The van der Waals surface area contributed by atoms with Crippen LogP contribution in [0.1, 0.15) is 44.6 Å². The molecule has 1 aromatic carbocycles. The second kappa shape index (κ2) is 8.93. The van der Waals surface area contributed by atoms with E-state index in [0.29, 0.717) is 27.6 Å². The summed E-state index contributed by atoms with van der Waals surface area (Å²) in [6.07, 6.45) is -1.06. The third-order valence-electron chi connectivity index (χ3n) is 4.18. The molecule has 0 radical (unpaired) electrons. The molecule has 1 atom stereocenters. The highest BCUT2D eigenvalue weighted by molar-refractivity contribution is 6.32. The molecule has 0 amide bonds. The van der Waals surface area contributed by atoms with Gasteiger partial charge in [-0.2, -0.15) is 0 Å². The molecule has 0 bridgehead atoms. The first-order chi connectivity index (χ1) is 13.1. The lowest BCUT2D eigenvalue weighted by molar-refractivity contribution is -0.148. The number of halogens is 1. The van der Waals surface area contributed by atoms with E-state index >= 15 is 0 Å². The van der Waals surface area contributed by atoms with Crippen molar-refractivity contribution in [3.63, 3.8) is 0 Å². The van der Waals surface area contributed by atoms with Crippen molar-refractivity contribution in [2.45, 2.75) is 33.8 Å². The normalized spacial score (nSPS) is 11.6. The summed E-state index contributed by atoms with van der Waals surface area (Å²) in [5.41, 5.74) is 2.36. The monoisotopic (exact) mass is 407 g/mol. The second-order valence-electron chi connectivity index (χ2n) is 6.34. The highest BCUT2D eigenvalue weighted by Gasteiger charge is 2.27. The molecule has 2 aromatic rings. The van der Waals surface area contributed by atoms with Crippen molar-refractivity contribution >= 4 is 29.3 Å². The number of hydrogen-bond acceptors (Lipinski definition) is 6. The van der Waals surface area contributed by atoms with Gasteiger partial charge in [0.1, 0.15) is 5.75 Å². The van der Waals surface area contributed by atoms with Crippen molar-refractivity contribution in [1.29, 1.82) is 0 Å². The van der Waals surface area contributed by atoms with E-state index in [0.717, 1.165) is 5.56 Å². The van der Waals surface area contributed by atoms with E-state index in [1.165, 1.54) is 14.0 Å². The van der Waals surface area contributed by atoms with Gasteiger partial charge in [-0.05, 0) is 51.0 Å². The summed E-state index contributed by atoms with van der Waals surface area (Å²) in [4.78, 5) is 39.4. The van der Waals surface area contributed by atoms with Crippen LogP contribution >= 0.6 is 11.6 Å². The Hall–Kier alpha value is -2.80. The Kier molecular flexibility index (Phi) is 6.85. The number of ketones is 1. The summed E-state index contributed by atoms with van der Waals surface area (Å²) in [5.74, 6) is -1.36. The summed E-state index contributed by atoms with van der Waals surface area (Å²) in [6.45, 7) is 6.21. The standard InChI is InChI=1S/C20H22ClNO6/c1-10-6-7-14(21)15(8-10)27-9-16(23)28-13(4)19(24)18-11(2)17(12(3)22-18)20(25)26-5/h6-8,13,22H,9H2,1-5H3/t13-/m1/s1. The predicted octanol–water partition coefficient (Wildman–Crippen LogP) is 3.57. The van der Waals surface area contributed by atoms with Crippen LogP contribution in [0.15, 0.2) is 18.2 Å². The number of rotatable bonds is 7. The molecule has 1 heterocycles. The number of methoxy groups -OCH3 is 1. The van der Waals surface area contributed by atoms with Gasteiger partial charge in [0, 0.05) is 5.69 Å². The smallest absolute Gasteiger partial charge is 0.344 e. The third-order valence-corrected chi connectivity index (χ3v) is 4.50. The quantitative estimate of drug-likeness (QED) is 0.557.